The van der Waals surface area contributed by atoms with Gasteiger partial charge in [0, 0.05) is 12.1 Å². The summed E-state index contributed by atoms with van der Waals surface area (Å²) in [6.07, 6.45) is 6.59. The summed E-state index contributed by atoms with van der Waals surface area (Å²) in [6.45, 7) is 10.1. The Morgan fingerprint density at radius 2 is 2.07 bits per heavy atom. The second-order valence-corrected chi connectivity index (χ2v) is 5.03. The number of likely N-dealkylation sites (N-methyl/N-ethyl adjacent to an activating group) is 1. The summed E-state index contributed by atoms with van der Waals surface area (Å²) in [5, 5.41) is 0. The lowest BCUT2D eigenvalue weighted by Crippen LogP contribution is -2.52. The van der Waals surface area contributed by atoms with E-state index in [9.17, 15) is 0 Å². The molecule has 0 aromatic rings. The molecule has 2 heteroatoms. The maximum atomic E-state index is 6.05. The minimum atomic E-state index is 0.339. The van der Waals surface area contributed by atoms with Gasteiger partial charge in [0.05, 0.1) is 0 Å². The van der Waals surface area contributed by atoms with Gasteiger partial charge in [-0.1, -0.05) is 27.2 Å². The van der Waals surface area contributed by atoms with Gasteiger partial charge in [0.2, 0.25) is 0 Å². The minimum Gasteiger partial charge on any atom is -0.329 e. The number of hydrogen-bond acceptors (Lipinski definition) is 2. The molecule has 0 amide bonds. The van der Waals surface area contributed by atoms with E-state index in [0.717, 1.165) is 19.0 Å². The first-order valence-electron chi connectivity index (χ1n) is 6.67. The molecule has 1 aliphatic carbocycles. The van der Waals surface area contributed by atoms with Crippen molar-refractivity contribution in [3.8, 4) is 0 Å². The van der Waals surface area contributed by atoms with Crippen molar-refractivity contribution in [3.05, 3.63) is 0 Å². The quantitative estimate of drug-likeness (QED) is 0.733. The lowest BCUT2D eigenvalue weighted by molar-refractivity contribution is 0.101. The van der Waals surface area contributed by atoms with Crippen molar-refractivity contribution in [2.45, 2.75) is 58.4 Å². The molecule has 0 radical (unpaired) electrons. The number of nitrogens with two attached hydrogens (primary N) is 1. The van der Waals surface area contributed by atoms with Crippen LogP contribution in [0.15, 0.2) is 0 Å². The molecule has 90 valence electrons. The lowest BCUT2D eigenvalue weighted by Gasteiger charge is -2.40. The molecule has 0 bridgehead atoms. The third-order valence-corrected chi connectivity index (χ3v) is 4.19. The summed E-state index contributed by atoms with van der Waals surface area (Å²) in [5.41, 5.74) is 6.39. The fourth-order valence-corrected chi connectivity index (χ4v) is 3.17. The molecular weight excluding hydrogens is 184 g/mol. The first kappa shape index (κ1) is 13.0. The highest BCUT2D eigenvalue weighted by molar-refractivity contribution is 4.98. The minimum absolute atomic E-state index is 0.339. The van der Waals surface area contributed by atoms with Crippen molar-refractivity contribution >= 4 is 0 Å². The summed E-state index contributed by atoms with van der Waals surface area (Å²) in [5.74, 6) is 0.916. The van der Waals surface area contributed by atoms with Crippen LogP contribution in [0.3, 0.4) is 0 Å². The van der Waals surface area contributed by atoms with Crippen molar-refractivity contribution in [2.75, 3.05) is 19.6 Å². The van der Waals surface area contributed by atoms with Gasteiger partial charge in [-0.25, -0.2) is 0 Å². The molecule has 0 aromatic heterocycles. The molecule has 2 unspecified atom stereocenters. The van der Waals surface area contributed by atoms with Gasteiger partial charge in [-0.05, 0) is 44.7 Å². The highest BCUT2D eigenvalue weighted by atomic mass is 15.2. The largest absolute Gasteiger partial charge is 0.329 e. The van der Waals surface area contributed by atoms with Gasteiger partial charge < -0.3 is 5.73 Å². The zero-order chi connectivity index (χ0) is 11.3. The fourth-order valence-electron chi connectivity index (χ4n) is 3.17. The van der Waals surface area contributed by atoms with Crippen molar-refractivity contribution < 1.29 is 0 Å². The van der Waals surface area contributed by atoms with Crippen molar-refractivity contribution in [1.82, 2.24) is 4.90 Å². The van der Waals surface area contributed by atoms with E-state index in [1.54, 1.807) is 0 Å². The highest BCUT2D eigenvalue weighted by Crippen LogP contribution is 2.39. The first-order chi connectivity index (χ1) is 7.22. The smallest absolute Gasteiger partial charge is 0.0334 e. The molecular formula is C13H28N2. The van der Waals surface area contributed by atoms with E-state index in [0.29, 0.717) is 5.54 Å². The maximum Gasteiger partial charge on any atom is 0.0334 e. The van der Waals surface area contributed by atoms with E-state index >= 15 is 0 Å². The second-order valence-electron chi connectivity index (χ2n) is 5.03. The normalized spacial score (nSPS) is 31.4. The maximum absolute atomic E-state index is 6.05. The second kappa shape index (κ2) is 5.86. The Balaban J connectivity index is 2.66. The Hall–Kier alpha value is -0.0800. The molecule has 0 aliphatic heterocycles. The molecule has 2 nitrogen and oxygen atoms in total. The molecule has 0 spiro atoms. The van der Waals surface area contributed by atoms with Gasteiger partial charge in [-0.2, -0.15) is 0 Å². The van der Waals surface area contributed by atoms with Crippen LogP contribution in [0.25, 0.3) is 0 Å². The third kappa shape index (κ3) is 2.73. The van der Waals surface area contributed by atoms with E-state index in [2.05, 4.69) is 25.7 Å². The molecule has 1 aliphatic rings. The van der Waals surface area contributed by atoms with Crippen molar-refractivity contribution in [1.29, 1.82) is 0 Å². The number of nitrogens with zero attached hydrogens (tertiary/aromatic N) is 1. The van der Waals surface area contributed by atoms with Crippen LogP contribution in [0.5, 0.6) is 0 Å². The Morgan fingerprint density at radius 1 is 1.33 bits per heavy atom. The van der Waals surface area contributed by atoms with E-state index in [1.165, 1.54) is 38.6 Å². The number of hydrogen-bond donors (Lipinski definition) is 1. The van der Waals surface area contributed by atoms with E-state index in [-0.39, 0.29) is 0 Å². The van der Waals surface area contributed by atoms with E-state index in [1.807, 2.05) is 0 Å². The summed E-state index contributed by atoms with van der Waals surface area (Å²) in [7, 11) is 0. The summed E-state index contributed by atoms with van der Waals surface area (Å²) >= 11 is 0. The van der Waals surface area contributed by atoms with Crippen LogP contribution >= 0.6 is 0 Å². The predicted octanol–water partition coefficient (Wildman–Crippen LogP) is 2.63. The van der Waals surface area contributed by atoms with Crippen LogP contribution in [-0.4, -0.2) is 30.1 Å². The van der Waals surface area contributed by atoms with Gasteiger partial charge in [-0.15, -0.1) is 0 Å². The Morgan fingerprint density at radius 3 is 2.47 bits per heavy atom. The van der Waals surface area contributed by atoms with Crippen molar-refractivity contribution in [2.24, 2.45) is 11.7 Å². The molecule has 1 rings (SSSR count). The molecule has 15 heavy (non-hydrogen) atoms. The molecule has 0 heterocycles. The average Bonchev–Trinajstić information content (AvgIpc) is 2.70. The van der Waals surface area contributed by atoms with Gasteiger partial charge in [0.1, 0.15) is 0 Å². The standard InChI is InChI=1S/C13H28N2/c1-4-9-15(6-3)13(11-14)8-7-12(5-2)10-13/h12H,4-11,14H2,1-3H3. The molecule has 2 atom stereocenters. The SMILES string of the molecule is CCCN(CC)C1(CN)CCC(CC)C1. The molecule has 2 N–H and O–H groups in total. The average molecular weight is 212 g/mol. The van der Waals surface area contributed by atoms with E-state index in [4.69, 9.17) is 5.73 Å². The van der Waals surface area contributed by atoms with Crippen molar-refractivity contribution in [3.63, 3.8) is 0 Å². The summed E-state index contributed by atoms with van der Waals surface area (Å²) in [6, 6.07) is 0. The lowest BCUT2D eigenvalue weighted by atomic mass is 9.92. The van der Waals surface area contributed by atoms with Crippen LogP contribution in [0.4, 0.5) is 0 Å². The zero-order valence-corrected chi connectivity index (χ0v) is 10.8. The fraction of sp³-hybridized carbons (Fsp3) is 1.00. The first-order valence-corrected chi connectivity index (χ1v) is 6.67. The van der Waals surface area contributed by atoms with Gasteiger partial charge in [0.15, 0.2) is 0 Å². The van der Waals surface area contributed by atoms with Gasteiger partial charge in [-0.3, -0.25) is 4.90 Å². The monoisotopic (exact) mass is 212 g/mol. The Kier molecular flexibility index (Phi) is 5.07. The Bertz CT molecular complexity index is 181. The topological polar surface area (TPSA) is 29.3 Å². The molecule has 0 aromatic carbocycles. The van der Waals surface area contributed by atoms with Crippen LogP contribution in [0.2, 0.25) is 0 Å². The molecule has 0 saturated heterocycles. The molecule has 1 saturated carbocycles. The third-order valence-electron chi connectivity index (χ3n) is 4.19. The Labute approximate surface area is 95.2 Å². The summed E-state index contributed by atoms with van der Waals surface area (Å²) < 4.78 is 0. The van der Waals surface area contributed by atoms with Gasteiger partial charge >= 0.3 is 0 Å². The van der Waals surface area contributed by atoms with Gasteiger partial charge in [0.25, 0.3) is 0 Å². The van der Waals surface area contributed by atoms with E-state index < -0.39 is 0 Å². The highest BCUT2D eigenvalue weighted by Gasteiger charge is 2.40. The van der Waals surface area contributed by atoms with Crippen LogP contribution in [-0.2, 0) is 0 Å². The zero-order valence-electron chi connectivity index (χ0n) is 10.8. The molecule has 1 fully saturated rings. The predicted molar refractivity (Wildman–Crippen MR) is 67.0 cm³/mol. The summed E-state index contributed by atoms with van der Waals surface area (Å²) in [4.78, 5) is 2.63. The van der Waals surface area contributed by atoms with Crippen LogP contribution < -0.4 is 5.73 Å². The van der Waals surface area contributed by atoms with Crippen LogP contribution in [0.1, 0.15) is 52.9 Å². The number of rotatable bonds is 6. The van der Waals surface area contributed by atoms with Crippen LogP contribution in [0, 0.1) is 5.92 Å².